The van der Waals surface area contributed by atoms with Crippen LogP contribution < -0.4 is 5.32 Å². The number of carbonyl (C=O) groups is 2. The maximum absolute atomic E-state index is 12.3. The number of hydrogen-bond acceptors (Lipinski definition) is 4. The lowest BCUT2D eigenvalue weighted by molar-refractivity contribution is -0.180. The molecule has 4 rings (SSSR count). The van der Waals surface area contributed by atoms with Crippen LogP contribution in [0.25, 0.3) is 0 Å². The number of nitrogens with one attached hydrogen (secondary N) is 1. The largest absolute Gasteiger partial charge is 0.458 e. The highest BCUT2D eigenvalue weighted by molar-refractivity contribution is 5.79. The zero-order valence-electron chi connectivity index (χ0n) is 19.2. The minimum absolute atomic E-state index is 0.123. The Morgan fingerprint density at radius 1 is 0.931 bits per heavy atom. The molecule has 0 amide bonds. The number of ether oxygens (including phenoxy) is 1. The lowest BCUT2D eigenvalue weighted by Crippen LogP contribution is -2.56. The lowest BCUT2D eigenvalue weighted by atomic mass is 9.44. The van der Waals surface area contributed by atoms with Crippen LogP contribution in [0.3, 0.4) is 0 Å². The zero-order valence-corrected chi connectivity index (χ0v) is 19.2. The number of Topliss-reactive ketones (excluding diaryl/α,β-unsaturated/α-hetero) is 1. The molecule has 0 saturated heterocycles. The number of esters is 1. The summed E-state index contributed by atoms with van der Waals surface area (Å²) in [6, 6.07) is 0. The van der Waals surface area contributed by atoms with Crippen molar-refractivity contribution in [1.82, 2.24) is 5.32 Å². The van der Waals surface area contributed by atoms with E-state index >= 15 is 0 Å². The average molecular weight is 404 g/mol. The molecular formula is C25H41NO3. The first-order valence-electron chi connectivity index (χ1n) is 12.0. The van der Waals surface area contributed by atoms with Crippen molar-refractivity contribution in [3.8, 4) is 0 Å². The summed E-state index contributed by atoms with van der Waals surface area (Å²) < 4.78 is 5.94. The molecule has 0 unspecified atom stereocenters. The first-order chi connectivity index (χ1) is 13.6. The Morgan fingerprint density at radius 2 is 1.66 bits per heavy atom. The molecule has 8 atom stereocenters. The summed E-state index contributed by atoms with van der Waals surface area (Å²) in [4.78, 5) is 24.4. The van der Waals surface area contributed by atoms with Crippen LogP contribution >= 0.6 is 0 Å². The Bertz CT molecular complexity index is 677. The van der Waals surface area contributed by atoms with E-state index in [1.807, 2.05) is 6.92 Å². The van der Waals surface area contributed by atoms with Gasteiger partial charge in [0.15, 0.2) is 0 Å². The minimum Gasteiger partial charge on any atom is -0.458 e. The topological polar surface area (TPSA) is 55.4 Å². The minimum atomic E-state index is -0.304. The van der Waals surface area contributed by atoms with Gasteiger partial charge in [0.2, 0.25) is 0 Å². The third-order valence-electron chi connectivity index (χ3n) is 10.1. The summed E-state index contributed by atoms with van der Waals surface area (Å²) in [6.45, 7) is 9.24. The van der Waals surface area contributed by atoms with E-state index in [9.17, 15) is 9.59 Å². The quantitative estimate of drug-likeness (QED) is 0.688. The predicted molar refractivity (Wildman–Crippen MR) is 114 cm³/mol. The van der Waals surface area contributed by atoms with Crippen molar-refractivity contribution in [1.29, 1.82) is 0 Å². The third kappa shape index (κ3) is 3.38. The van der Waals surface area contributed by atoms with Crippen molar-refractivity contribution in [3.05, 3.63) is 0 Å². The van der Waals surface area contributed by atoms with Gasteiger partial charge in [-0.1, -0.05) is 13.8 Å². The van der Waals surface area contributed by atoms with Gasteiger partial charge in [0, 0.05) is 5.92 Å². The fraction of sp³-hybridized carbons (Fsp3) is 0.920. The van der Waals surface area contributed by atoms with E-state index in [1.165, 1.54) is 38.5 Å². The maximum Gasteiger partial charge on any atom is 0.320 e. The summed E-state index contributed by atoms with van der Waals surface area (Å²) in [5.74, 6) is 3.54. The number of carbonyl (C=O) groups excluding carboxylic acids is 2. The molecule has 0 heterocycles. The van der Waals surface area contributed by atoms with E-state index in [0.29, 0.717) is 29.6 Å². The molecule has 0 aromatic rings. The van der Waals surface area contributed by atoms with Crippen molar-refractivity contribution in [2.24, 2.45) is 40.4 Å². The van der Waals surface area contributed by atoms with Crippen LogP contribution in [0.1, 0.15) is 85.5 Å². The summed E-state index contributed by atoms with van der Waals surface area (Å²) in [5.41, 5.74) is 0.302. The molecule has 4 aliphatic carbocycles. The van der Waals surface area contributed by atoms with E-state index in [-0.39, 0.29) is 17.0 Å². The molecule has 0 bridgehead atoms. The molecule has 164 valence electrons. The van der Waals surface area contributed by atoms with E-state index in [1.54, 1.807) is 7.05 Å². The summed E-state index contributed by atoms with van der Waals surface area (Å²) in [6.07, 6.45) is 10.6. The average Bonchev–Trinajstić information content (AvgIpc) is 3.00. The van der Waals surface area contributed by atoms with Crippen molar-refractivity contribution in [3.63, 3.8) is 0 Å². The van der Waals surface area contributed by atoms with Crippen LogP contribution in [0.2, 0.25) is 0 Å². The normalized spacial score (nSPS) is 48.9. The highest BCUT2D eigenvalue weighted by atomic mass is 16.6. The van der Waals surface area contributed by atoms with E-state index in [4.69, 9.17) is 4.74 Å². The number of ketones is 1. The molecule has 4 fully saturated rings. The Kier molecular flexibility index (Phi) is 5.41. The standard InChI is InChI=1S/C25H41NO3/c1-16(27)19-8-9-20-18-7-6-17-14-23(2,29-22(28)15-26-5)12-13-24(17,3)21(18)10-11-25(19,20)4/h17-21,26H,6-15H2,1-5H3/t17-,18-,19+,20-,21-,23+,24-,25+/m0/s1. The monoisotopic (exact) mass is 403 g/mol. The van der Waals surface area contributed by atoms with Gasteiger partial charge in [0.05, 0.1) is 6.54 Å². The smallest absolute Gasteiger partial charge is 0.320 e. The zero-order chi connectivity index (χ0) is 21.0. The van der Waals surface area contributed by atoms with Gasteiger partial charge in [-0.15, -0.1) is 0 Å². The van der Waals surface area contributed by atoms with Crippen molar-refractivity contribution < 1.29 is 14.3 Å². The van der Waals surface area contributed by atoms with Gasteiger partial charge < -0.3 is 10.1 Å². The highest BCUT2D eigenvalue weighted by Gasteiger charge is 2.61. The fourth-order valence-corrected chi connectivity index (χ4v) is 8.63. The van der Waals surface area contributed by atoms with Gasteiger partial charge in [0.25, 0.3) is 0 Å². The molecule has 1 N–H and O–H groups in total. The van der Waals surface area contributed by atoms with Crippen molar-refractivity contribution >= 4 is 11.8 Å². The molecule has 4 heteroatoms. The second-order valence-electron chi connectivity index (χ2n) is 11.6. The number of rotatable bonds is 4. The third-order valence-corrected chi connectivity index (χ3v) is 10.1. The van der Waals surface area contributed by atoms with Crippen LogP contribution in [-0.2, 0) is 14.3 Å². The molecule has 0 aromatic heterocycles. The van der Waals surface area contributed by atoms with Crippen LogP contribution in [0.4, 0.5) is 0 Å². The van der Waals surface area contributed by atoms with Gasteiger partial charge in [-0.05, 0) is 113 Å². The maximum atomic E-state index is 12.3. The lowest BCUT2D eigenvalue weighted by Gasteiger charge is -2.62. The highest BCUT2D eigenvalue weighted by Crippen LogP contribution is 2.68. The van der Waals surface area contributed by atoms with Crippen LogP contribution in [0, 0.1) is 40.4 Å². The number of hydrogen-bond donors (Lipinski definition) is 1. The van der Waals surface area contributed by atoms with Crippen LogP contribution in [-0.4, -0.2) is 30.9 Å². The summed E-state index contributed by atoms with van der Waals surface area (Å²) in [7, 11) is 1.79. The molecule has 0 radical (unpaired) electrons. The van der Waals surface area contributed by atoms with Gasteiger partial charge >= 0.3 is 5.97 Å². The number of likely N-dealkylation sites (N-methyl/N-ethyl adjacent to an activating group) is 1. The Balaban J connectivity index is 1.51. The summed E-state index contributed by atoms with van der Waals surface area (Å²) in [5, 5.41) is 2.91. The van der Waals surface area contributed by atoms with Gasteiger partial charge in [-0.2, -0.15) is 0 Å². The molecule has 4 nitrogen and oxygen atoms in total. The van der Waals surface area contributed by atoms with E-state index in [0.717, 1.165) is 37.0 Å². The number of fused-ring (bicyclic) bond motifs is 5. The molecular weight excluding hydrogens is 362 g/mol. The molecule has 4 saturated carbocycles. The fourth-order valence-electron chi connectivity index (χ4n) is 8.63. The van der Waals surface area contributed by atoms with Gasteiger partial charge in [-0.25, -0.2) is 0 Å². The Morgan fingerprint density at radius 3 is 2.34 bits per heavy atom. The van der Waals surface area contributed by atoms with E-state index in [2.05, 4.69) is 26.1 Å². The second kappa shape index (κ2) is 7.35. The van der Waals surface area contributed by atoms with Crippen molar-refractivity contribution in [2.75, 3.05) is 13.6 Å². The first kappa shape index (κ1) is 21.3. The van der Waals surface area contributed by atoms with Crippen LogP contribution in [0.5, 0.6) is 0 Å². The van der Waals surface area contributed by atoms with E-state index < -0.39 is 0 Å². The molecule has 0 aliphatic heterocycles. The van der Waals surface area contributed by atoms with Crippen molar-refractivity contribution in [2.45, 2.75) is 91.1 Å². The second-order valence-corrected chi connectivity index (χ2v) is 11.6. The predicted octanol–water partition coefficient (Wildman–Crippen LogP) is 4.76. The molecule has 0 spiro atoms. The Labute approximate surface area is 176 Å². The van der Waals surface area contributed by atoms with Gasteiger partial charge in [-0.3, -0.25) is 9.59 Å². The molecule has 4 aliphatic rings. The molecule has 29 heavy (non-hydrogen) atoms. The van der Waals surface area contributed by atoms with Crippen LogP contribution in [0.15, 0.2) is 0 Å². The molecule has 0 aromatic carbocycles. The van der Waals surface area contributed by atoms with Gasteiger partial charge in [0.1, 0.15) is 11.4 Å². The SMILES string of the molecule is CNCC(=O)O[C@]1(C)CC[C@@]2(C)[C@@H](CC[C@@H]3[C@@H]2CC[C@]2(C)[C@@H](C(C)=O)CC[C@@H]32)C1. The Hall–Kier alpha value is -0.900. The summed E-state index contributed by atoms with van der Waals surface area (Å²) >= 11 is 0. The first-order valence-corrected chi connectivity index (χ1v) is 12.0.